The first kappa shape index (κ1) is 44.0. The maximum Gasteiger partial charge on any atom is 0.336 e. The first-order valence-electron chi connectivity index (χ1n) is 18.0. The number of hydrogen-bond acceptors (Lipinski definition) is 23. The minimum absolute atomic E-state index is 0.0660. The van der Waals surface area contributed by atoms with Crippen molar-refractivity contribution in [3.63, 3.8) is 0 Å². The zero-order chi connectivity index (χ0) is 41.5. The van der Waals surface area contributed by atoms with E-state index in [0.29, 0.717) is 10.9 Å². The molecule has 4 saturated heterocycles. The highest BCUT2D eigenvalue weighted by Gasteiger charge is 2.55. The average Bonchev–Trinajstić information content (AvgIpc) is 3.19. The maximum atomic E-state index is 11.9. The van der Waals surface area contributed by atoms with Crippen LogP contribution in [0.25, 0.3) is 11.0 Å². The Kier molecular flexibility index (Phi) is 14.2. The molecule has 0 bridgehead atoms. The molecule has 20 atom stereocenters. The molecule has 4 aliphatic rings. The molecular weight excluding hydrogens is 776 g/mol. The van der Waals surface area contributed by atoms with Crippen molar-refractivity contribution in [1.29, 1.82) is 0 Å². The molecule has 0 radical (unpaired) electrons. The van der Waals surface area contributed by atoms with Crippen LogP contribution < -0.4 is 10.4 Å². The second-order valence-electron chi connectivity index (χ2n) is 14.1. The summed E-state index contributed by atoms with van der Waals surface area (Å²) in [6.07, 6.45) is -35.5. The molecule has 5 heterocycles. The van der Waals surface area contributed by atoms with Crippen LogP contribution in [-0.4, -0.2) is 216 Å². The van der Waals surface area contributed by atoms with Gasteiger partial charge in [0.05, 0.1) is 26.4 Å². The van der Waals surface area contributed by atoms with E-state index in [-0.39, 0.29) is 11.3 Å². The molecule has 1 aromatic heterocycles. The average molecular weight is 825 g/mol. The number of ether oxygens (including phenoxy) is 8. The summed E-state index contributed by atoms with van der Waals surface area (Å²) in [4.78, 5) is 11.9. The van der Waals surface area contributed by atoms with Crippen molar-refractivity contribution < 1.29 is 109 Å². The van der Waals surface area contributed by atoms with Gasteiger partial charge < -0.3 is 109 Å². The van der Waals surface area contributed by atoms with E-state index in [9.17, 15) is 71.2 Å². The Balaban J connectivity index is 1.09. The first-order chi connectivity index (χ1) is 27.1. The second-order valence-corrected chi connectivity index (χ2v) is 14.1. The van der Waals surface area contributed by atoms with Gasteiger partial charge in [0.25, 0.3) is 0 Å². The molecule has 322 valence electrons. The van der Waals surface area contributed by atoms with E-state index in [4.69, 9.17) is 42.3 Å². The van der Waals surface area contributed by atoms with Crippen molar-refractivity contribution in [2.75, 3.05) is 26.4 Å². The van der Waals surface area contributed by atoms with Crippen LogP contribution in [-0.2, 0) is 33.2 Å². The number of rotatable bonds is 12. The predicted molar refractivity (Wildman–Crippen MR) is 180 cm³/mol. The van der Waals surface area contributed by atoms with Crippen LogP contribution in [0, 0.1) is 6.92 Å². The Morgan fingerprint density at radius 3 is 1.37 bits per heavy atom. The molecule has 0 aliphatic carbocycles. The molecule has 23 heteroatoms. The van der Waals surface area contributed by atoms with Gasteiger partial charge in [0.15, 0.2) is 18.9 Å². The highest BCUT2D eigenvalue weighted by molar-refractivity contribution is 5.81. The largest absolute Gasteiger partial charge is 0.462 e. The molecule has 4 fully saturated rings. The molecule has 57 heavy (non-hydrogen) atoms. The van der Waals surface area contributed by atoms with E-state index < -0.39 is 155 Å². The number of fused-ring (bicyclic) bond motifs is 1. The first-order valence-corrected chi connectivity index (χ1v) is 18.0. The molecular formula is C34H48O23. The standard InChI is InChI=1S/C34H48O23/c1-10-4-18(39)50-13-5-11(2-3-12(10)13)49-31-25(46)21(42)28(15(7-36)52-31)56-33-27(48)23(44)30(17(9-38)54-33)57-34-26(47)22(43)29(16(8-37)53-34)55-32-24(45)20(41)19(40)14(6-35)51-32/h2-5,14-17,19-38,40-48H,6-9H2,1H3/t14?,15?,16?,17?,19-,20?,21?,22?,23?,24?,25?,26?,27?,28-,29-,30-,31-,32+,33+,34+/m1/s1. The molecule has 2 aromatic rings. The van der Waals surface area contributed by atoms with Gasteiger partial charge in [-0.1, -0.05) is 0 Å². The summed E-state index contributed by atoms with van der Waals surface area (Å²) in [5, 5.41) is 137. The third-order valence-corrected chi connectivity index (χ3v) is 10.4. The van der Waals surface area contributed by atoms with E-state index >= 15 is 0 Å². The molecule has 4 aliphatic heterocycles. The molecule has 0 spiro atoms. The van der Waals surface area contributed by atoms with Gasteiger partial charge in [-0.2, -0.15) is 0 Å². The Labute approximate surface area is 321 Å². The van der Waals surface area contributed by atoms with Gasteiger partial charge in [-0.25, -0.2) is 4.79 Å². The van der Waals surface area contributed by atoms with Gasteiger partial charge in [-0.15, -0.1) is 0 Å². The van der Waals surface area contributed by atoms with Gasteiger partial charge >= 0.3 is 5.63 Å². The fraction of sp³-hybridized carbons (Fsp3) is 0.735. The van der Waals surface area contributed by atoms with Crippen LogP contribution in [0.15, 0.2) is 33.5 Å². The van der Waals surface area contributed by atoms with Crippen molar-refractivity contribution in [3.8, 4) is 5.75 Å². The lowest BCUT2D eigenvalue weighted by Crippen LogP contribution is -2.67. The third-order valence-electron chi connectivity index (χ3n) is 10.4. The summed E-state index contributed by atoms with van der Waals surface area (Å²) in [5.74, 6) is 0.0660. The topological polar surface area (TPSA) is 367 Å². The van der Waals surface area contributed by atoms with E-state index in [1.807, 2.05) is 0 Å². The monoisotopic (exact) mass is 824 g/mol. The SMILES string of the molecule is Cc1cc(=O)oc2cc(O[C@@H]3OC(CO)[C@@H](O[C@@H]4OC(CO)[C@@H](O[C@@H]5OC(CO)[C@@H](O[C@@H]6OC(CO)[C@@H](O)C(O)C6O)C(O)C5O)C(O)C4O)C(O)C3O)ccc12. The Bertz CT molecular complexity index is 1670. The second kappa shape index (κ2) is 18.4. The van der Waals surface area contributed by atoms with E-state index in [2.05, 4.69) is 0 Å². The van der Waals surface area contributed by atoms with Crippen LogP contribution >= 0.6 is 0 Å². The lowest BCUT2D eigenvalue weighted by atomic mass is 9.95. The summed E-state index contributed by atoms with van der Waals surface area (Å²) in [5.41, 5.74) is 0.206. The number of benzene rings is 1. The van der Waals surface area contributed by atoms with Crippen LogP contribution in [0.4, 0.5) is 0 Å². The smallest absolute Gasteiger partial charge is 0.336 e. The van der Waals surface area contributed by atoms with Gasteiger partial charge in [0.1, 0.15) is 109 Å². The fourth-order valence-corrected chi connectivity index (χ4v) is 7.14. The summed E-state index contributed by atoms with van der Waals surface area (Å²) in [6.45, 7) is -1.75. The molecule has 1 aromatic carbocycles. The van der Waals surface area contributed by atoms with Crippen molar-refractivity contribution >= 4 is 11.0 Å². The summed E-state index contributed by atoms with van der Waals surface area (Å²) >= 11 is 0. The lowest BCUT2D eigenvalue weighted by molar-refractivity contribution is -0.387. The van der Waals surface area contributed by atoms with Crippen molar-refractivity contribution in [1.82, 2.24) is 0 Å². The molecule has 0 saturated carbocycles. The quantitative estimate of drug-likeness (QED) is 0.0884. The lowest BCUT2D eigenvalue weighted by Gasteiger charge is -2.49. The van der Waals surface area contributed by atoms with E-state index in [0.717, 1.165) is 0 Å². The number of hydrogen-bond donors (Lipinski definition) is 13. The third kappa shape index (κ3) is 8.84. The molecule has 23 nitrogen and oxygen atoms in total. The highest BCUT2D eigenvalue weighted by atomic mass is 16.8. The fourth-order valence-electron chi connectivity index (χ4n) is 7.14. The zero-order valence-corrected chi connectivity index (χ0v) is 30.1. The van der Waals surface area contributed by atoms with Crippen LogP contribution in [0.5, 0.6) is 5.75 Å². The Morgan fingerprint density at radius 2 is 0.912 bits per heavy atom. The van der Waals surface area contributed by atoms with Crippen LogP contribution in [0.2, 0.25) is 0 Å². The Hall–Kier alpha value is -2.57. The highest BCUT2D eigenvalue weighted by Crippen LogP contribution is 2.35. The minimum atomic E-state index is -2.05. The van der Waals surface area contributed by atoms with Gasteiger partial charge in [-0.05, 0) is 24.6 Å². The molecule has 13 N–H and O–H groups in total. The molecule has 0 amide bonds. The maximum absolute atomic E-state index is 11.9. The predicted octanol–water partition coefficient (Wildman–Crippen LogP) is -7.25. The summed E-state index contributed by atoms with van der Waals surface area (Å²) in [6, 6.07) is 5.76. The van der Waals surface area contributed by atoms with Crippen molar-refractivity contribution in [2.45, 2.75) is 130 Å². The molecule has 12 unspecified atom stereocenters. The number of aryl methyl sites for hydroxylation is 1. The van der Waals surface area contributed by atoms with Crippen molar-refractivity contribution in [3.05, 3.63) is 40.2 Å². The Morgan fingerprint density at radius 1 is 0.509 bits per heavy atom. The molecule has 6 rings (SSSR count). The van der Waals surface area contributed by atoms with E-state index in [1.165, 1.54) is 18.2 Å². The van der Waals surface area contributed by atoms with Gasteiger partial charge in [-0.3, -0.25) is 0 Å². The zero-order valence-electron chi connectivity index (χ0n) is 30.1. The van der Waals surface area contributed by atoms with Gasteiger partial charge in [0.2, 0.25) is 6.29 Å². The minimum Gasteiger partial charge on any atom is -0.462 e. The normalized spacial score (nSPS) is 44.2. The summed E-state index contributed by atoms with van der Waals surface area (Å²) < 4.78 is 49.9. The number of aliphatic hydroxyl groups is 13. The van der Waals surface area contributed by atoms with Crippen LogP contribution in [0.1, 0.15) is 5.56 Å². The number of aliphatic hydroxyl groups excluding tert-OH is 13. The van der Waals surface area contributed by atoms with Crippen LogP contribution in [0.3, 0.4) is 0 Å². The van der Waals surface area contributed by atoms with E-state index in [1.54, 1.807) is 13.0 Å². The summed E-state index contributed by atoms with van der Waals surface area (Å²) in [7, 11) is 0. The van der Waals surface area contributed by atoms with Gasteiger partial charge in [0, 0.05) is 17.5 Å². The van der Waals surface area contributed by atoms with Crippen molar-refractivity contribution in [2.24, 2.45) is 0 Å².